The van der Waals surface area contributed by atoms with Crippen molar-refractivity contribution in [3.8, 4) is 0 Å². The van der Waals surface area contributed by atoms with Crippen LogP contribution >= 0.6 is 23.2 Å². The lowest BCUT2D eigenvalue weighted by Crippen LogP contribution is -2.02. The minimum absolute atomic E-state index is 0.436. The molecule has 1 nitrogen and oxygen atoms in total. The molecule has 0 atom stereocenters. The molecule has 18 heavy (non-hydrogen) atoms. The molecule has 2 aromatic rings. The van der Waals surface area contributed by atoms with Crippen LogP contribution in [0.2, 0.25) is 10.0 Å². The van der Waals surface area contributed by atoms with Crippen molar-refractivity contribution >= 4 is 34.9 Å². The smallest absolute Gasteiger partial charge is 0.0493 e. The number of halogens is 2. The van der Waals surface area contributed by atoms with E-state index in [9.17, 15) is 0 Å². The van der Waals surface area contributed by atoms with Crippen molar-refractivity contribution in [1.82, 2.24) is 0 Å². The molecular weight excluding hydrogens is 265 g/mol. The molecule has 0 aliphatic heterocycles. The van der Waals surface area contributed by atoms with Crippen LogP contribution in [0.25, 0.3) is 11.6 Å². The number of hydrogen-bond donors (Lipinski definition) is 1. The second-order valence-corrected chi connectivity index (χ2v) is 4.69. The molecule has 0 amide bonds. The minimum atomic E-state index is 0.436. The summed E-state index contributed by atoms with van der Waals surface area (Å²) in [6.45, 7) is 0.436. The second-order valence-electron chi connectivity index (χ2n) is 3.88. The van der Waals surface area contributed by atoms with Gasteiger partial charge in [-0.3, -0.25) is 0 Å². The fourth-order valence-electron chi connectivity index (χ4n) is 1.74. The van der Waals surface area contributed by atoms with Gasteiger partial charge >= 0.3 is 0 Å². The highest BCUT2D eigenvalue weighted by Crippen LogP contribution is 2.28. The summed E-state index contributed by atoms with van der Waals surface area (Å²) in [5.74, 6) is 0. The Hall–Kier alpha value is -1.28. The summed E-state index contributed by atoms with van der Waals surface area (Å²) in [6.07, 6.45) is 1.94. The Labute approximate surface area is 117 Å². The summed E-state index contributed by atoms with van der Waals surface area (Å²) in [5.41, 5.74) is 8.69. The van der Waals surface area contributed by atoms with Gasteiger partial charge in [0.05, 0.1) is 0 Å². The van der Waals surface area contributed by atoms with E-state index in [1.165, 1.54) is 0 Å². The molecule has 0 aliphatic carbocycles. The molecule has 0 radical (unpaired) electrons. The molecule has 3 heteroatoms. The molecule has 92 valence electrons. The summed E-state index contributed by atoms with van der Waals surface area (Å²) in [7, 11) is 0. The molecule has 0 spiro atoms. The molecule has 0 saturated heterocycles. The van der Waals surface area contributed by atoms with Crippen LogP contribution in [0, 0.1) is 0 Å². The van der Waals surface area contributed by atoms with Gasteiger partial charge in [-0.25, -0.2) is 0 Å². The van der Waals surface area contributed by atoms with E-state index in [1.807, 2.05) is 54.6 Å². The van der Waals surface area contributed by atoms with Crippen molar-refractivity contribution in [2.45, 2.75) is 0 Å². The van der Waals surface area contributed by atoms with Gasteiger partial charge in [-0.15, -0.1) is 0 Å². The first-order valence-electron chi connectivity index (χ1n) is 5.62. The van der Waals surface area contributed by atoms with E-state index >= 15 is 0 Å². The maximum absolute atomic E-state index is 6.15. The van der Waals surface area contributed by atoms with Crippen LogP contribution < -0.4 is 5.73 Å². The van der Waals surface area contributed by atoms with Gasteiger partial charge in [0.25, 0.3) is 0 Å². The Morgan fingerprint density at radius 1 is 0.944 bits per heavy atom. The van der Waals surface area contributed by atoms with Gasteiger partial charge in [0, 0.05) is 22.2 Å². The fourth-order valence-corrected chi connectivity index (χ4v) is 2.24. The predicted molar refractivity (Wildman–Crippen MR) is 79.8 cm³/mol. The Morgan fingerprint density at radius 2 is 1.56 bits per heavy atom. The first kappa shape index (κ1) is 13.2. The molecule has 0 fully saturated rings. The summed E-state index contributed by atoms with van der Waals surface area (Å²) < 4.78 is 0. The summed E-state index contributed by atoms with van der Waals surface area (Å²) in [5, 5.41) is 1.26. The van der Waals surface area contributed by atoms with E-state index in [-0.39, 0.29) is 0 Å². The lowest BCUT2D eigenvalue weighted by molar-refractivity contribution is 1.27. The molecule has 0 heterocycles. The predicted octanol–water partition coefficient (Wildman–Crippen LogP) is 4.49. The SMILES string of the molecule is NCC(=Cc1c(Cl)cccc1Cl)c1ccccc1. The average molecular weight is 278 g/mol. The highest BCUT2D eigenvalue weighted by molar-refractivity contribution is 6.37. The molecule has 0 bridgehead atoms. The van der Waals surface area contributed by atoms with Crippen LogP contribution in [0.1, 0.15) is 11.1 Å². The van der Waals surface area contributed by atoms with E-state index < -0.39 is 0 Å². The summed E-state index contributed by atoms with van der Waals surface area (Å²) >= 11 is 12.3. The number of rotatable bonds is 3. The van der Waals surface area contributed by atoms with Crippen molar-refractivity contribution in [2.75, 3.05) is 6.54 Å². The Bertz CT molecular complexity index is 542. The molecule has 0 saturated carbocycles. The molecule has 2 rings (SSSR count). The zero-order valence-corrected chi connectivity index (χ0v) is 11.2. The summed E-state index contributed by atoms with van der Waals surface area (Å²) in [4.78, 5) is 0. The second kappa shape index (κ2) is 6.05. The third-order valence-electron chi connectivity index (χ3n) is 2.68. The molecule has 0 aliphatic rings. The maximum Gasteiger partial charge on any atom is 0.0493 e. The zero-order valence-electron chi connectivity index (χ0n) is 9.74. The van der Waals surface area contributed by atoms with E-state index in [2.05, 4.69) is 0 Å². The van der Waals surface area contributed by atoms with Crippen LogP contribution in [-0.4, -0.2) is 6.54 Å². The highest BCUT2D eigenvalue weighted by atomic mass is 35.5. The fraction of sp³-hybridized carbons (Fsp3) is 0.0667. The van der Waals surface area contributed by atoms with Crippen molar-refractivity contribution in [1.29, 1.82) is 0 Å². The first-order chi connectivity index (χ1) is 8.72. The molecular formula is C15H13Cl2N. The monoisotopic (exact) mass is 277 g/mol. The molecule has 0 unspecified atom stereocenters. The maximum atomic E-state index is 6.15. The van der Waals surface area contributed by atoms with Crippen LogP contribution in [-0.2, 0) is 0 Å². The van der Waals surface area contributed by atoms with Crippen LogP contribution in [0.4, 0.5) is 0 Å². The van der Waals surface area contributed by atoms with Crippen molar-refractivity contribution in [3.63, 3.8) is 0 Å². The number of benzene rings is 2. The van der Waals surface area contributed by atoms with Gasteiger partial charge in [-0.2, -0.15) is 0 Å². The van der Waals surface area contributed by atoms with Crippen LogP contribution in [0.15, 0.2) is 48.5 Å². The van der Waals surface area contributed by atoms with Crippen LogP contribution in [0.5, 0.6) is 0 Å². The zero-order chi connectivity index (χ0) is 13.0. The van der Waals surface area contributed by atoms with Gasteiger partial charge in [0.15, 0.2) is 0 Å². The van der Waals surface area contributed by atoms with Crippen LogP contribution in [0.3, 0.4) is 0 Å². The van der Waals surface area contributed by atoms with Gasteiger partial charge in [0.1, 0.15) is 0 Å². The highest BCUT2D eigenvalue weighted by Gasteiger charge is 2.05. The van der Waals surface area contributed by atoms with Gasteiger partial charge in [0.2, 0.25) is 0 Å². The third-order valence-corrected chi connectivity index (χ3v) is 3.34. The van der Waals surface area contributed by atoms with Gasteiger partial charge in [-0.05, 0) is 29.3 Å². The van der Waals surface area contributed by atoms with E-state index in [0.717, 1.165) is 16.7 Å². The number of hydrogen-bond acceptors (Lipinski definition) is 1. The summed E-state index contributed by atoms with van der Waals surface area (Å²) in [6, 6.07) is 15.4. The van der Waals surface area contributed by atoms with Gasteiger partial charge in [-0.1, -0.05) is 59.6 Å². The Balaban J connectivity index is 2.48. The number of nitrogens with two attached hydrogens (primary N) is 1. The van der Waals surface area contributed by atoms with E-state index in [4.69, 9.17) is 28.9 Å². The lowest BCUT2D eigenvalue weighted by Gasteiger charge is -2.07. The van der Waals surface area contributed by atoms with Crippen molar-refractivity contribution in [2.24, 2.45) is 5.73 Å². The largest absolute Gasteiger partial charge is 0.326 e. The molecule has 0 aromatic heterocycles. The van der Waals surface area contributed by atoms with E-state index in [1.54, 1.807) is 0 Å². The van der Waals surface area contributed by atoms with Crippen molar-refractivity contribution < 1.29 is 0 Å². The lowest BCUT2D eigenvalue weighted by atomic mass is 10.0. The molecule has 2 N–H and O–H groups in total. The van der Waals surface area contributed by atoms with Crippen molar-refractivity contribution in [3.05, 3.63) is 69.7 Å². The third kappa shape index (κ3) is 2.94. The topological polar surface area (TPSA) is 26.0 Å². The average Bonchev–Trinajstić information content (AvgIpc) is 2.40. The quantitative estimate of drug-likeness (QED) is 0.822. The Kier molecular flexibility index (Phi) is 4.43. The van der Waals surface area contributed by atoms with E-state index in [0.29, 0.717) is 16.6 Å². The normalized spacial score (nSPS) is 11.6. The molecule has 2 aromatic carbocycles. The standard InChI is InChI=1S/C15H13Cl2N/c16-14-7-4-8-15(17)13(14)9-12(10-18)11-5-2-1-3-6-11/h1-9H,10,18H2. The minimum Gasteiger partial charge on any atom is -0.326 e. The first-order valence-corrected chi connectivity index (χ1v) is 6.38. The Morgan fingerprint density at radius 3 is 2.11 bits per heavy atom. The van der Waals surface area contributed by atoms with Gasteiger partial charge < -0.3 is 5.73 Å².